The monoisotopic (exact) mass is 376 g/mol. The van der Waals surface area contributed by atoms with Gasteiger partial charge >= 0.3 is 5.97 Å². The van der Waals surface area contributed by atoms with E-state index in [1.807, 2.05) is 0 Å². The highest BCUT2D eigenvalue weighted by Gasteiger charge is 2.34. The van der Waals surface area contributed by atoms with Crippen LogP contribution < -0.4 is 0 Å². The summed E-state index contributed by atoms with van der Waals surface area (Å²) in [5, 5.41) is 0. The Bertz CT molecular complexity index is 422. The Hall–Kier alpha value is -0.530. The van der Waals surface area contributed by atoms with E-state index in [9.17, 15) is 4.79 Å². The molecule has 156 valence electrons. The molecule has 0 saturated heterocycles. The third-order valence-electron chi connectivity index (χ3n) is 8.13. The number of hydrogen-bond acceptors (Lipinski definition) is 2. The highest BCUT2D eigenvalue weighted by atomic mass is 16.5. The Labute approximate surface area is 168 Å². The van der Waals surface area contributed by atoms with Gasteiger partial charge in [0.25, 0.3) is 0 Å². The third kappa shape index (κ3) is 6.23. The zero-order chi connectivity index (χ0) is 19.1. The van der Waals surface area contributed by atoms with E-state index in [4.69, 9.17) is 4.74 Å². The molecule has 27 heavy (non-hydrogen) atoms. The van der Waals surface area contributed by atoms with E-state index in [1.165, 1.54) is 77.0 Å². The van der Waals surface area contributed by atoms with Gasteiger partial charge in [-0.1, -0.05) is 52.4 Å². The maximum Gasteiger partial charge on any atom is 0.309 e. The molecule has 3 rings (SSSR count). The van der Waals surface area contributed by atoms with E-state index < -0.39 is 0 Å². The van der Waals surface area contributed by atoms with E-state index in [1.54, 1.807) is 0 Å². The second-order valence-corrected chi connectivity index (χ2v) is 10.0. The summed E-state index contributed by atoms with van der Waals surface area (Å²) in [7, 11) is 0. The van der Waals surface area contributed by atoms with Crippen molar-refractivity contribution in [1.29, 1.82) is 0 Å². The quantitative estimate of drug-likeness (QED) is 0.436. The number of carbonyl (C=O) groups is 1. The first kappa shape index (κ1) is 21.2. The summed E-state index contributed by atoms with van der Waals surface area (Å²) in [5.74, 6) is 4.06. The topological polar surface area (TPSA) is 26.3 Å². The molecule has 0 aromatic rings. The third-order valence-corrected chi connectivity index (χ3v) is 8.13. The van der Waals surface area contributed by atoms with Crippen LogP contribution in [0.15, 0.2) is 0 Å². The van der Waals surface area contributed by atoms with Gasteiger partial charge in [-0.25, -0.2) is 0 Å². The van der Waals surface area contributed by atoms with Gasteiger partial charge in [0.1, 0.15) is 6.10 Å². The Kier molecular flexibility index (Phi) is 8.52. The molecule has 0 spiro atoms. The molecule has 3 aliphatic rings. The molecule has 3 aliphatic carbocycles. The highest BCUT2D eigenvalue weighted by molar-refractivity contribution is 5.72. The van der Waals surface area contributed by atoms with Crippen molar-refractivity contribution in [2.45, 2.75) is 123 Å². The van der Waals surface area contributed by atoms with E-state index in [0.717, 1.165) is 49.4 Å². The lowest BCUT2D eigenvalue weighted by atomic mass is 9.69. The van der Waals surface area contributed by atoms with Crippen LogP contribution in [0.3, 0.4) is 0 Å². The van der Waals surface area contributed by atoms with Crippen molar-refractivity contribution < 1.29 is 9.53 Å². The first-order chi connectivity index (χ1) is 13.2. The normalized spacial score (nSPS) is 37.7. The molecule has 0 unspecified atom stereocenters. The minimum atomic E-state index is 0.138. The lowest BCUT2D eigenvalue weighted by molar-refractivity contribution is -0.157. The average molecular weight is 377 g/mol. The van der Waals surface area contributed by atoms with Crippen molar-refractivity contribution in [3.63, 3.8) is 0 Å². The number of carbonyl (C=O) groups excluding carboxylic acids is 1. The highest BCUT2D eigenvalue weighted by Crippen LogP contribution is 2.42. The van der Waals surface area contributed by atoms with E-state index in [0.29, 0.717) is 0 Å². The summed E-state index contributed by atoms with van der Waals surface area (Å²) >= 11 is 0. The van der Waals surface area contributed by atoms with Gasteiger partial charge in [0.2, 0.25) is 0 Å². The van der Waals surface area contributed by atoms with Crippen LogP contribution in [0, 0.1) is 29.6 Å². The molecule has 0 aliphatic heterocycles. The zero-order valence-electron chi connectivity index (χ0n) is 18.1. The molecular weight excluding hydrogens is 332 g/mol. The van der Waals surface area contributed by atoms with Gasteiger partial charge in [-0.3, -0.25) is 4.79 Å². The van der Waals surface area contributed by atoms with Gasteiger partial charge in [0.15, 0.2) is 0 Å². The van der Waals surface area contributed by atoms with Crippen LogP contribution in [-0.4, -0.2) is 12.1 Å². The smallest absolute Gasteiger partial charge is 0.309 e. The van der Waals surface area contributed by atoms with Gasteiger partial charge < -0.3 is 4.74 Å². The predicted molar refractivity (Wildman–Crippen MR) is 113 cm³/mol. The molecular formula is C25H44O2. The fraction of sp³-hybridized carbons (Fsp3) is 0.960. The van der Waals surface area contributed by atoms with Crippen molar-refractivity contribution in [1.82, 2.24) is 0 Å². The predicted octanol–water partition coefficient (Wildman–Crippen LogP) is 7.30. The van der Waals surface area contributed by atoms with Crippen LogP contribution in [0.25, 0.3) is 0 Å². The summed E-state index contributed by atoms with van der Waals surface area (Å²) in [4.78, 5) is 12.6. The van der Waals surface area contributed by atoms with Gasteiger partial charge in [-0.2, -0.15) is 0 Å². The van der Waals surface area contributed by atoms with Crippen molar-refractivity contribution in [3.05, 3.63) is 0 Å². The standard InChI is InChI=1S/C25H44O2/c1-3-5-19-7-11-21(12-8-19)22-13-15-23(16-14-22)25(26)27-24-17-9-20(6-4-2)10-18-24/h19-24H,3-18H2,1-2H3. The molecule has 0 amide bonds. The molecule has 0 aromatic heterocycles. The summed E-state index contributed by atoms with van der Waals surface area (Å²) in [6, 6.07) is 0. The first-order valence-electron chi connectivity index (χ1n) is 12.4. The number of hydrogen-bond donors (Lipinski definition) is 0. The van der Waals surface area contributed by atoms with E-state index in [2.05, 4.69) is 13.8 Å². The molecule has 0 aromatic carbocycles. The van der Waals surface area contributed by atoms with Gasteiger partial charge in [0, 0.05) is 0 Å². The second kappa shape index (κ2) is 10.9. The first-order valence-corrected chi connectivity index (χ1v) is 12.4. The van der Waals surface area contributed by atoms with Crippen molar-refractivity contribution in [2.75, 3.05) is 0 Å². The molecule has 3 fully saturated rings. The number of rotatable bonds is 7. The lowest BCUT2D eigenvalue weighted by Crippen LogP contribution is -2.32. The van der Waals surface area contributed by atoms with Crippen LogP contribution in [0.5, 0.6) is 0 Å². The average Bonchev–Trinajstić information content (AvgIpc) is 2.71. The molecule has 3 saturated carbocycles. The van der Waals surface area contributed by atoms with Crippen molar-refractivity contribution in [3.8, 4) is 0 Å². The number of ether oxygens (including phenoxy) is 1. The van der Waals surface area contributed by atoms with E-state index in [-0.39, 0.29) is 18.0 Å². The minimum absolute atomic E-state index is 0.138. The SMILES string of the molecule is CCCC1CCC(OC(=O)C2CCC(C3CCC(CCC)CC3)CC2)CC1. The van der Waals surface area contributed by atoms with E-state index >= 15 is 0 Å². The fourth-order valence-electron chi connectivity index (χ4n) is 6.39. The molecule has 2 heteroatoms. The van der Waals surface area contributed by atoms with Crippen LogP contribution >= 0.6 is 0 Å². The van der Waals surface area contributed by atoms with Crippen LogP contribution in [0.1, 0.15) is 117 Å². The van der Waals surface area contributed by atoms with Gasteiger partial charge in [-0.05, 0) is 87.9 Å². The maximum atomic E-state index is 12.6. The van der Waals surface area contributed by atoms with Gasteiger partial charge in [-0.15, -0.1) is 0 Å². The lowest BCUT2D eigenvalue weighted by Gasteiger charge is -2.37. The molecule has 0 bridgehead atoms. The largest absolute Gasteiger partial charge is 0.462 e. The Balaban J connectivity index is 1.34. The maximum absolute atomic E-state index is 12.6. The molecule has 0 heterocycles. The van der Waals surface area contributed by atoms with Crippen molar-refractivity contribution >= 4 is 5.97 Å². The fourth-order valence-corrected chi connectivity index (χ4v) is 6.39. The van der Waals surface area contributed by atoms with Crippen LogP contribution in [0.4, 0.5) is 0 Å². The van der Waals surface area contributed by atoms with Crippen molar-refractivity contribution in [2.24, 2.45) is 29.6 Å². The molecule has 0 atom stereocenters. The number of esters is 1. The zero-order valence-corrected chi connectivity index (χ0v) is 18.1. The second-order valence-electron chi connectivity index (χ2n) is 10.0. The summed E-state index contributed by atoms with van der Waals surface area (Å²) < 4.78 is 5.94. The summed E-state index contributed by atoms with van der Waals surface area (Å²) in [5.41, 5.74) is 0. The summed E-state index contributed by atoms with van der Waals surface area (Å²) in [6.07, 6.45) is 20.9. The Morgan fingerprint density at radius 3 is 1.59 bits per heavy atom. The molecule has 0 N–H and O–H groups in total. The summed E-state index contributed by atoms with van der Waals surface area (Å²) in [6.45, 7) is 4.60. The van der Waals surface area contributed by atoms with Gasteiger partial charge in [0.05, 0.1) is 5.92 Å². The Morgan fingerprint density at radius 1 is 0.667 bits per heavy atom. The molecule has 2 nitrogen and oxygen atoms in total. The minimum Gasteiger partial charge on any atom is -0.462 e. The Morgan fingerprint density at radius 2 is 1.11 bits per heavy atom. The molecule has 0 radical (unpaired) electrons. The van der Waals surface area contributed by atoms with Crippen LogP contribution in [0.2, 0.25) is 0 Å². The van der Waals surface area contributed by atoms with Crippen LogP contribution in [-0.2, 0) is 9.53 Å².